The van der Waals surface area contributed by atoms with E-state index < -0.39 is 5.97 Å². The normalized spacial score (nSPS) is 15.0. The Kier molecular flexibility index (Phi) is 6.36. The van der Waals surface area contributed by atoms with Gasteiger partial charge < -0.3 is 13.9 Å². The number of Topliss-reactive ketones (excluding diaryl/α,β-unsaturated/α-hetero) is 1. The molecule has 0 amide bonds. The molecule has 0 radical (unpaired) electrons. The Balaban J connectivity index is 0.00000208. The minimum atomic E-state index is -0.395. The van der Waals surface area contributed by atoms with Crippen LogP contribution in [0.2, 0.25) is 0 Å². The van der Waals surface area contributed by atoms with Gasteiger partial charge >= 0.3 is 5.97 Å². The molecule has 24 heavy (non-hydrogen) atoms. The predicted molar refractivity (Wildman–Crippen MR) is 91.0 cm³/mol. The predicted octanol–water partition coefficient (Wildman–Crippen LogP) is 2.68. The van der Waals surface area contributed by atoms with E-state index in [0.29, 0.717) is 48.5 Å². The SMILES string of the molecule is CC(=O)Oc1ccc2occ(C(=O)CCN3CCOCC3)c2c1.Cl. The summed E-state index contributed by atoms with van der Waals surface area (Å²) in [4.78, 5) is 25.7. The maximum atomic E-state index is 12.5. The molecule has 0 N–H and O–H groups in total. The Bertz CT molecular complexity index is 721. The molecule has 6 nitrogen and oxygen atoms in total. The van der Waals surface area contributed by atoms with Crippen LogP contribution in [-0.4, -0.2) is 49.5 Å². The van der Waals surface area contributed by atoms with Gasteiger partial charge in [-0.3, -0.25) is 14.5 Å². The Hall–Kier alpha value is -1.89. The number of hydrogen-bond acceptors (Lipinski definition) is 6. The van der Waals surface area contributed by atoms with Crippen LogP contribution < -0.4 is 4.74 Å². The van der Waals surface area contributed by atoms with Gasteiger partial charge in [0.05, 0.1) is 18.8 Å². The molecule has 2 heterocycles. The van der Waals surface area contributed by atoms with Crippen molar-refractivity contribution in [3.63, 3.8) is 0 Å². The molecule has 1 aliphatic rings. The zero-order chi connectivity index (χ0) is 16.2. The molecule has 0 atom stereocenters. The number of ketones is 1. The van der Waals surface area contributed by atoms with E-state index in [1.807, 2.05) is 0 Å². The van der Waals surface area contributed by atoms with Gasteiger partial charge in [0.1, 0.15) is 17.6 Å². The van der Waals surface area contributed by atoms with E-state index in [1.54, 1.807) is 18.2 Å². The van der Waals surface area contributed by atoms with Crippen LogP contribution in [0.25, 0.3) is 11.0 Å². The number of carbonyl (C=O) groups is 2. The molecule has 7 heteroatoms. The molecule has 1 fully saturated rings. The smallest absolute Gasteiger partial charge is 0.308 e. The van der Waals surface area contributed by atoms with Crippen LogP contribution in [0.3, 0.4) is 0 Å². The van der Waals surface area contributed by atoms with Crippen LogP contribution in [-0.2, 0) is 9.53 Å². The Morgan fingerprint density at radius 2 is 2.00 bits per heavy atom. The summed E-state index contributed by atoms with van der Waals surface area (Å²) in [7, 11) is 0. The van der Waals surface area contributed by atoms with Crippen LogP contribution in [0.5, 0.6) is 5.75 Å². The minimum absolute atomic E-state index is 0. The van der Waals surface area contributed by atoms with Crippen LogP contribution in [0.4, 0.5) is 0 Å². The lowest BCUT2D eigenvalue weighted by atomic mass is 10.1. The number of ether oxygens (including phenoxy) is 2. The molecule has 1 aromatic carbocycles. The van der Waals surface area contributed by atoms with Crippen molar-refractivity contribution in [3.8, 4) is 5.75 Å². The highest BCUT2D eigenvalue weighted by molar-refractivity contribution is 6.07. The van der Waals surface area contributed by atoms with Crippen molar-refractivity contribution in [1.29, 1.82) is 0 Å². The van der Waals surface area contributed by atoms with Crippen LogP contribution in [0, 0.1) is 0 Å². The topological polar surface area (TPSA) is 69.0 Å². The first-order chi connectivity index (χ1) is 11.1. The van der Waals surface area contributed by atoms with Crippen LogP contribution >= 0.6 is 12.4 Å². The Morgan fingerprint density at radius 3 is 2.71 bits per heavy atom. The number of esters is 1. The Labute approximate surface area is 146 Å². The molecule has 0 aliphatic carbocycles. The highest BCUT2D eigenvalue weighted by Gasteiger charge is 2.17. The lowest BCUT2D eigenvalue weighted by molar-refractivity contribution is -0.131. The Morgan fingerprint density at radius 1 is 1.25 bits per heavy atom. The monoisotopic (exact) mass is 353 g/mol. The number of furan rings is 1. The third-order valence-corrected chi connectivity index (χ3v) is 3.87. The second-order valence-corrected chi connectivity index (χ2v) is 5.53. The average Bonchev–Trinajstić information content (AvgIpc) is 2.96. The fraction of sp³-hybridized carbons (Fsp3) is 0.412. The van der Waals surface area contributed by atoms with Crippen molar-refractivity contribution < 1.29 is 23.5 Å². The van der Waals surface area contributed by atoms with Crippen molar-refractivity contribution in [3.05, 3.63) is 30.0 Å². The fourth-order valence-electron chi connectivity index (χ4n) is 2.67. The average molecular weight is 354 g/mol. The van der Waals surface area contributed by atoms with Crippen molar-refractivity contribution in [2.75, 3.05) is 32.8 Å². The summed E-state index contributed by atoms with van der Waals surface area (Å²) in [6.07, 6.45) is 1.90. The lowest BCUT2D eigenvalue weighted by Gasteiger charge is -2.26. The zero-order valence-corrected chi connectivity index (χ0v) is 14.3. The summed E-state index contributed by atoms with van der Waals surface area (Å²) in [5.74, 6) is 0.0388. The quantitative estimate of drug-likeness (QED) is 0.467. The molecule has 1 saturated heterocycles. The number of halogens is 1. The van der Waals surface area contributed by atoms with Crippen molar-refractivity contribution in [2.24, 2.45) is 0 Å². The number of nitrogens with zero attached hydrogens (tertiary/aromatic N) is 1. The number of carbonyl (C=O) groups excluding carboxylic acids is 2. The second kappa shape index (κ2) is 8.28. The summed E-state index contributed by atoms with van der Waals surface area (Å²) >= 11 is 0. The van der Waals surface area contributed by atoms with Gasteiger partial charge in [-0.1, -0.05) is 0 Å². The third-order valence-electron chi connectivity index (χ3n) is 3.87. The second-order valence-electron chi connectivity index (χ2n) is 5.53. The molecule has 0 bridgehead atoms. The van der Waals surface area contributed by atoms with Crippen LogP contribution in [0.15, 0.2) is 28.9 Å². The molecule has 1 aliphatic heterocycles. The van der Waals surface area contributed by atoms with Gasteiger partial charge in [0.25, 0.3) is 0 Å². The first-order valence-corrected chi connectivity index (χ1v) is 7.66. The van der Waals surface area contributed by atoms with Gasteiger partial charge in [-0.05, 0) is 18.2 Å². The van der Waals surface area contributed by atoms with E-state index in [0.717, 1.165) is 13.1 Å². The lowest BCUT2D eigenvalue weighted by Crippen LogP contribution is -2.37. The van der Waals surface area contributed by atoms with Gasteiger partial charge in [-0.25, -0.2) is 0 Å². The minimum Gasteiger partial charge on any atom is -0.464 e. The standard InChI is InChI=1S/C17H19NO5.ClH/c1-12(19)23-13-2-3-17-14(10-13)15(11-22-17)16(20)4-5-18-6-8-21-9-7-18;/h2-3,10-11H,4-9H2,1H3;1H. The molecule has 3 rings (SSSR count). The fourth-order valence-corrected chi connectivity index (χ4v) is 2.67. The van der Waals surface area contributed by atoms with Gasteiger partial charge in [0.2, 0.25) is 0 Å². The van der Waals surface area contributed by atoms with Gasteiger partial charge in [0.15, 0.2) is 5.78 Å². The van der Waals surface area contributed by atoms with Crippen molar-refractivity contribution >= 4 is 35.1 Å². The highest BCUT2D eigenvalue weighted by atomic mass is 35.5. The number of hydrogen-bond donors (Lipinski definition) is 0. The van der Waals surface area contributed by atoms with Crippen LogP contribution in [0.1, 0.15) is 23.7 Å². The van der Waals surface area contributed by atoms with E-state index in [4.69, 9.17) is 13.9 Å². The molecule has 1 aromatic heterocycles. The molecule has 2 aromatic rings. The number of fused-ring (bicyclic) bond motifs is 1. The first kappa shape index (κ1) is 18.4. The summed E-state index contributed by atoms with van der Waals surface area (Å²) in [6, 6.07) is 5.02. The summed E-state index contributed by atoms with van der Waals surface area (Å²) in [5.41, 5.74) is 1.14. The van der Waals surface area contributed by atoms with Gasteiger partial charge in [0, 0.05) is 38.4 Å². The number of benzene rings is 1. The number of rotatable bonds is 5. The van der Waals surface area contributed by atoms with E-state index in [-0.39, 0.29) is 18.2 Å². The molecular formula is C17H20ClNO5. The molecule has 130 valence electrons. The third kappa shape index (κ3) is 4.35. The molecular weight excluding hydrogens is 334 g/mol. The zero-order valence-electron chi connectivity index (χ0n) is 13.4. The molecule has 0 saturated carbocycles. The van der Waals surface area contributed by atoms with E-state index >= 15 is 0 Å². The maximum absolute atomic E-state index is 12.5. The van der Waals surface area contributed by atoms with Crippen molar-refractivity contribution in [2.45, 2.75) is 13.3 Å². The largest absolute Gasteiger partial charge is 0.464 e. The number of morpholine rings is 1. The summed E-state index contributed by atoms with van der Waals surface area (Å²) < 4.78 is 15.8. The molecule has 0 spiro atoms. The van der Waals surface area contributed by atoms with Gasteiger partial charge in [-0.15, -0.1) is 12.4 Å². The van der Waals surface area contributed by atoms with Gasteiger partial charge in [-0.2, -0.15) is 0 Å². The summed E-state index contributed by atoms with van der Waals surface area (Å²) in [5, 5.41) is 0.677. The summed E-state index contributed by atoms with van der Waals surface area (Å²) in [6.45, 7) is 5.20. The highest BCUT2D eigenvalue weighted by Crippen LogP contribution is 2.27. The maximum Gasteiger partial charge on any atom is 0.308 e. The first-order valence-electron chi connectivity index (χ1n) is 7.66. The van der Waals surface area contributed by atoms with E-state index in [9.17, 15) is 9.59 Å². The van der Waals surface area contributed by atoms with Crippen molar-refractivity contribution in [1.82, 2.24) is 4.90 Å². The molecule has 0 unspecified atom stereocenters. The van der Waals surface area contributed by atoms with E-state index in [2.05, 4.69) is 4.90 Å². The van der Waals surface area contributed by atoms with E-state index in [1.165, 1.54) is 13.2 Å².